The molecule has 1 aliphatic heterocycles. The molecule has 4 amide bonds. The van der Waals surface area contributed by atoms with E-state index in [-0.39, 0.29) is 36.6 Å². The number of amidine groups is 1. The first-order valence-corrected chi connectivity index (χ1v) is 14.9. The second-order valence-electron chi connectivity index (χ2n) is 10.0. The molecule has 1 heterocycles. The minimum absolute atomic E-state index is 0.0111. The Labute approximate surface area is 246 Å². The monoisotopic (exact) mass is 582 g/mol. The Morgan fingerprint density at radius 3 is 2.56 bits per heavy atom. The maximum absolute atomic E-state index is 13.8. The number of piperidine rings is 1. The summed E-state index contributed by atoms with van der Waals surface area (Å²) in [6.07, 6.45) is 3.32. The molecule has 2 aromatic carbocycles. The number of hydrogen-bond acceptors (Lipinski definition) is 7. The van der Waals surface area contributed by atoms with Gasteiger partial charge >= 0.3 is 6.03 Å². The second kappa shape index (κ2) is 16.6. The molecule has 0 aliphatic carbocycles. The Balaban J connectivity index is 1.64. The topological polar surface area (TPSA) is 178 Å². The van der Waals surface area contributed by atoms with E-state index in [1.54, 1.807) is 6.07 Å². The Hall–Kier alpha value is -3.61. The highest BCUT2D eigenvalue weighted by Gasteiger charge is 2.29. The number of rotatable bonds is 14. The average Bonchev–Trinajstić information content (AvgIpc) is 2.96. The van der Waals surface area contributed by atoms with Gasteiger partial charge in [-0.25, -0.2) is 9.52 Å². The maximum atomic E-state index is 13.8. The van der Waals surface area contributed by atoms with Crippen LogP contribution >= 0.6 is 11.9 Å². The van der Waals surface area contributed by atoms with Crippen LogP contribution in [0.2, 0.25) is 0 Å². The standard InChI is InChI=1S/C29H42N8O3S/c1-2-33-29(40)34-14-10-20-11-15-37(16-12-20)28(39)25(18-21-5-3-6-22(17-21)27(31)32)36-41-24-8-4-7-23(19-24)35-26(38)9-13-30/h3-8,17,19-20,25,36H,2,9-16,18,30H2,1H3,(H3,31,32)(H,35,38)(H2,33,34,40). The molecule has 3 rings (SSSR count). The van der Waals surface area contributed by atoms with Crippen molar-refractivity contribution in [1.82, 2.24) is 20.3 Å². The van der Waals surface area contributed by atoms with Gasteiger partial charge in [0, 0.05) is 55.3 Å². The van der Waals surface area contributed by atoms with Crippen LogP contribution in [-0.2, 0) is 16.0 Å². The number of carbonyl (C=O) groups is 3. The van der Waals surface area contributed by atoms with Crippen molar-refractivity contribution in [3.05, 3.63) is 59.7 Å². The summed E-state index contributed by atoms with van der Waals surface area (Å²) in [6.45, 7) is 4.68. The van der Waals surface area contributed by atoms with Crippen LogP contribution in [0.5, 0.6) is 0 Å². The minimum atomic E-state index is -0.520. The highest BCUT2D eigenvalue weighted by molar-refractivity contribution is 7.97. The summed E-state index contributed by atoms with van der Waals surface area (Å²) in [4.78, 5) is 40.1. The number of carbonyl (C=O) groups excluding carboxylic acids is 3. The van der Waals surface area contributed by atoms with Crippen molar-refractivity contribution in [3.63, 3.8) is 0 Å². The molecule has 12 heteroatoms. The number of nitrogens with two attached hydrogens (primary N) is 2. The molecule has 0 radical (unpaired) electrons. The van der Waals surface area contributed by atoms with Gasteiger partial charge in [0.05, 0.1) is 0 Å². The van der Waals surface area contributed by atoms with Crippen LogP contribution in [0.4, 0.5) is 10.5 Å². The van der Waals surface area contributed by atoms with Gasteiger partial charge in [-0.15, -0.1) is 0 Å². The van der Waals surface area contributed by atoms with E-state index < -0.39 is 6.04 Å². The smallest absolute Gasteiger partial charge is 0.314 e. The van der Waals surface area contributed by atoms with E-state index in [1.807, 2.05) is 54.3 Å². The molecule has 0 bridgehead atoms. The van der Waals surface area contributed by atoms with Gasteiger partial charge in [0.25, 0.3) is 0 Å². The van der Waals surface area contributed by atoms with Gasteiger partial charge in [-0.3, -0.25) is 15.0 Å². The third-order valence-electron chi connectivity index (χ3n) is 6.89. The zero-order valence-corrected chi connectivity index (χ0v) is 24.4. The van der Waals surface area contributed by atoms with Crippen molar-refractivity contribution in [2.75, 3.05) is 38.0 Å². The Morgan fingerprint density at radius 2 is 1.85 bits per heavy atom. The molecule has 222 valence electrons. The molecule has 0 aromatic heterocycles. The van der Waals surface area contributed by atoms with Crippen LogP contribution in [0.3, 0.4) is 0 Å². The van der Waals surface area contributed by atoms with E-state index in [4.69, 9.17) is 16.9 Å². The molecule has 1 aliphatic rings. The lowest BCUT2D eigenvalue weighted by atomic mass is 9.93. The van der Waals surface area contributed by atoms with Crippen molar-refractivity contribution in [1.29, 1.82) is 5.41 Å². The second-order valence-corrected chi connectivity index (χ2v) is 11.0. The predicted molar refractivity (Wildman–Crippen MR) is 164 cm³/mol. The first-order valence-electron chi connectivity index (χ1n) is 14.0. The Morgan fingerprint density at radius 1 is 1.10 bits per heavy atom. The molecule has 1 unspecified atom stereocenters. The third-order valence-corrected chi connectivity index (χ3v) is 7.78. The number of hydrogen-bond donors (Lipinski definition) is 7. The summed E-state index contributed by atoms with van der Waals surface area (Å²) < 4.78 is 3.36. The largest absolute Gasteiger partial charge is 0.384 e. The fraction of sp³-hybridized carbons (Fsp3) is 0.448. The number of likely N-dealkylation sites (tertiary alicyclic amines) is 1. The van der Waals surface area contributed by atoms with Crippen molar-refractivity contribution in [2.45, 2.75) is 50.0 Å². The van der Waals surface area contributed by atoms with Gasteiger partial charge in [-0.05, 0) is 80.3 Å². The Kier molecular flexibility index (Phi) is 12.9. The highest BCUT2D eigenvalue weighted by atomic mass is 32.2. The summed E-state index contributed by atoms with van der Waals surface area (Å²) in [7, 11) is 0. The van der Waals surface area contributed by atoms with E-state index in [0.717, 1.165) is 29.7 Å². The molecule has 0 saturated carbocycles. The summed E-state index contributed by atoms with van der Waals surface area (Å²) in [5.41, 5.74) is 13.4. The summed E-state index contributed by atoms with van der Waals surface area (Å²) in [5.74, 6) is 0.294. The van der Waals surface area contributed by atoms with Crippen LogP contribution in [0.15, 0.2) is 53.4 Å². The fourth-order valence-corrected chi connectivity index (χ4v) is 5.48. The number of anilines is 1. The number of nitrogen functional groups attached to an aromatic ring is 1. The molecule has 41 heavy (non-hydrogen) atoms. The van der Waals surface area contributed by atoms with Gasteiger partial charge in [-0.2, -0.15) is 0 Å². The molecular formula is C29H42N8O3S. The zero-order chi connectivity index (χ0) is 29.6. The SMILES string of the molecule is CCNC(=O)NCCC1CCN(C(=O)C(Cc2cccc(C(=N)N)c2)NSc2cccc(NC(=O)CCN)c2)CC1. The fourth-order valence-electron chi connectivity index (χ4n) is 4.69. The van der Waals surface area contributed by atoms with Gasteiger partial charge in [0.15, 0.2) is 0 Å². The Bertz CT molecular complexity index is 1190. The molecule has 2 aromatic rings. The molecule has 1 fully saturated rings. The molecule has 1 saturated heterocycles. The van der Waals surface area contributed by atoms with Crippen molar-refractivity contribution in [3.8, 4) is 0 Å². The zero-order valence-electron chi connectivity index (χ0n) is 23.6. The molecule has 1 atom stereocenters. The predicted octanol–water partition coefficient (Wildman–Crippen LogP) is 2.41. The van der Waals surface area contributed by atoms with E-state index in [2.05, 4.69) is 20.7 Å². The van der Waals surface area contributed by atoms with Gasteiger partial charge in [-0.1, -0.05) is 24.3 Å². The number of nitrogens with zero attached hydrogens (tertiary/aromatic N) is 1. The molecule has 0 spiro atoms. The van der Waals surface area contributed by atoms with E-state index >= 15 is 0 Å². The molecule has 9 N–H and O–H groups in total. The van der Waals surface area contributed by atoms with Crippen molar-refractivity contribution >= 4 is 41.3 Å². The summed E-state index contributed by atoms with van der Waals surface area (Å²) in [6, 6.07) is 14.1. The average molecular weight is 583 g/mol. The van der Waals surface area contributed by atoms with E-state index in [9.17, 15) is 14.4 Å². The highest BCUT2D eigenvalue weighted by Crippen LogP contribution is 2.24. The number of amides is 4. The van der Waals surface area contributed by atoms with Crippen LogP contribution in [0.25, 0.3) is 0 Å². The number of urea groups is 1. The van der Waals surface area contributed by atoms with Crippen molar-refractivity contribution in [2.24, 2.45) is 17.4 Å². The van der Waals surface area contributed by atoms with Crippen LogP contribution in [-0.4, -0.2) is 67.3 Å². The quantitative estimate of drug-likeness (QED) is 0.102. The van der Waals surface area contributed by atoms with E-state index in [1.165, 1.54) is 11.9 Å². The van der Waals surface area contributed by atoms with Gasteiger partial charge < -0.3 is 32.3 Å². The van der Waals surface area contributed by atoms with Gasteiger partial charge in [0.1, 0.15) is 11.9 Å². The lowest BCUT2D eigenvalue weighted by Crippen LogP contribution is -2.48. The maximum Gasteiger partial charge on any atom is 0.314 e. The normalized spacial score (nSPS) is 14.2. The molecule has 11 nitrogen and oxygen atoms in total. The van der Waals surface area contributed by atoms with Crippen LogP contribution < -0.4 is 32.1 Å². The first kappa shape index (κ1) is 31.9. The minimum Gasteiger partial charge on any atom is -0.384 e. The third kappa shape index (κ3) is 10.7. The summed E-state index contributed by atoms with van der Waals surface area (Å²) in [5, 5.41) is 16.2. The van der Waals surface area contributed by atoms with Gasteiger partial charge in [0.2, 0.25) is 11.8 Å². The number of benzene rings is 2. The number of nitrogens with one attached hydrogen (secondary N) is 5. The molecular weight excluding hydrogens is 540 g/mol. The van der Waals surface area contributed by atoms with Crippen LogP contribution in [0.1, 0.15) is 43.7 Å². The lowest BCUT2D eigenvalue weighted by molar-refractivity contribution is -0.134. The van der Waals surface area contributed by atoms with Crippen LogP contribution in [0, 0.1) is 11.3 Å². The first-order chi connectivity index (χ1) is 19.8. The van der Waals surface area contributed by atoms with E-state index in [0.29, 0.717) is 49.8 Å². The van der Waals surface area contributed by atoms with Crippen molar-refractivity contribution < 1.29 is 14.4 Å². The summed E-state index contributed by atoms with van der Waals surface area (Å²) >= 11 is 1.34. The lowest BCUT2D eigenvalue weighted by Gasteiger charge is -2.34.